The summed E-state index contributed by atoms with van der Waals surface area (Å²) < 4.78 is 0. The molecule has 142 valence electrons. The van der Waals surface area contributed by atoms with Crippen LogP contribution in [-0.4, -0.2) is 5.78 Å². The molecular formula is C24H40O. The van der Waals surface area contributed by atoms with E-state index in [9.17, 15) is 4.79 Å². The number of rotatable bonds is 13. The van der Waals surface area contributed by atoms with Gasteiger partial charge in [0.1, 0.15) is 5.78 Å². The third-order valence-corrected chi connectivity index (χ3v) is 4.38. The number of unbranched alkanes of at least 4 members (excludes halogenated alkanes) is 1. The summed E-state index contributed by atoms with van der Waals surface area (Å²) in [4.78, 5) is 10.9. The first kappa shape index (κ1) is 23.6. The Balaban J connectivity index is 3.95. The molecule has 0 saturated carbocycles. The Morgan fingerprint density at radius 1 is 0.560 bits per heavy atom. The lowest BCUT2D eigenvalue weighted by atomic mass is 10.0. The first-order valence-electron chi connectivity index (χ1n) is 9.91. The van der Waals surface area contributed by atoms with Gasteiger partial charge in [-0.3, -0.25) is 0 Å². The van der Waals surface area contributed by atoms with Crippen LogP contribution in [0.25, 0.3) is 0 Å². The van der Waals surface area contributed by atoms with Crippen molar-refractivity contribution in [3.63, 3.8) is 0 Å². The van der Waals surface area contributed by atoms with Crippen molar-refractivity contribution in [3.8, 4) is 0 Å². The molecule has 0 aromatic heterocycles. The van der Waals surface area contributed by atoms with Gasteiger partial charge in [0, 0.05) is 6.42 Å². The summed E-state index contributed by atoms with van der Waals surface area (Å²) in [6, 6.07) is 0. The second-order valence-electron chi connectivity index (χ2n) is 7.64. The number of ketones is 1. The van der Waals surface area contributed by atoms with Crippen LogP contribution >= 0.6 is 0 Å². The van der Waals surface area contributed by atoms with Crippen molar-refractivity contribution < 1.29 is 4.79 Å². The van der Waals surface area contributed by atoms with Crippen molar-refractivity contribution in [2.75, 3.05) is 0 Å². The lowest BCUT2D eigenvalue weighted by molar-refractivity contribution is -0.117. The van der Waals surface area contributed by atoms with E-state index < -0.39 is 0 Å². The quantitative estimate of drug-likeness (QED) is 0.245. The summed E-state index contributed by atoms with van der Waals surface area (Å²) in [5, 5.41) is 0. The van der Waals surface area contributed by atoms with E-state index in [2.05, 4.69) is 58.9 Å². The number of carbonyl (C=O) groups excluding carboxylic acids is 1. The third-order valence-electron chi connectivity index (χ3n) is 4.38. The molecule has 1 nitrogen and oxygen atoms in total. The molecule has 0 atom stereocenters. The normalized spacial score (nSPS) is 13.1. The van der Waals surface area contributed by atoms with Gasteiger partial charge in [-0.2, -0.15) is 0 Å². The van der Waals surface area contributed by atoms with Gasteiger partial charge in [0.15, 0.2) is 0 Å². The average Bonchev–Trinajstić information content (AvgIpc) is 2.51. The Labute approximate surface area is 157 Å². The van der Waals surface area contributed by atoms with Crippen LogP contribution < -0.4 is 0 Å². The molecular weight excluding hydrogens is 304 g/mol. The maximum atomic E-state index is 10.9. The molecule has 0 unspecified atom stereocenters. The van der Waals surface area contributed by atoms with Crippen LogP contribution in [0, 0.1) is 0 Å². The van der Waals surface area contributed by atoms with Crippen LogP contribution in [0.2, 0.25) is 0 Å². The summed E-state index contributed by atoms with van der Waals surface area (Å²) in [6.45, 7) is 12.7. The van der Waals surface area contributed by atoms with Crippen molar-refractivity contribution in [1.82, 2.24) is 0 Å². The Kier molecular flexibility index (Phi) is 14.1. The van der Waals surface area contributed by atoms with Crippen LogP contribution in [0.4, 0.5) is 0 Å². The SMILES string of the molecule is CC(=O)CCC/C=C(\C)CCC=C(C)CC/C=C(\C)CCC=C(C)C. The Hall–Kier alpha value is -1.37. The van der Waals surface area contributed by atoms with Gasteiger partial charge >= 0.3 is 0 Å². The van der Waals surface area contributed by atoms with Crippen molar-refractivity contribution in [3.05, 3.63) is 46.6 Å². The van der Waals surface area contributed by atoms with E-state index in [1.54, 1.807) is 6.92 Å². The Morgan fingerprint density at radius 2 is 0.960 bits per heavy atom. The molecule has 0 aliphatic carbocycles. The summed E-state index contributed by atoms with van der Waals surface area (Å²) in [5.74, 6) is 0.297. The number of Topliss-reactive ketones (excluding diaryl/α,β-unsaturated/α-hetero) is 1. The number of carbonyl (C=O) groups is 1. The summed E-state index contributed by atoms with van der Waals surface area (Å²) in [7, 11) is 0. The fourth-order valence-electron chi connectivity index (χ4n) is 2.69. The van der Waals surface area contributed by atoms with Gasteiger partial charge in [-0.25, -0.2) is 0 Å². The molecule has 0 fully saturated rings. The van der Waals surface area contributed by atoms with E-state index >= 15 is 0 Å². The largest absolute Gasteiger partial charge is 0.300 e. The van der Waals surface area contributed by atoms with Gasteiger partial charge in [-0.05, 0) is 92.9 Å². The molecule has 0 spiro atoms. The monoisotopic (exact) mass is 344 g/mol. The van der Waals surface area contributed by atoms with Gasteiger partial charge in [-0.1, -0.05) is 46.6 Å². The lowest BCUT2D eigenvalue weighted by Gasteiger charge is -2.03. The van der Waals surface area contributed by atoms with E-state index in [0.29, 0.717) is 12.2 Å². The highest BCUT2D eigenvalue weighted by atomic mass is 16.1. The maximum absolute atomic E-state index is 10.9. The fourth-order valence-corrected chi connectivity index (χ4v) is 2.69. The third kappa shape index (κ3) is 17.2. The maximum Gasteiger partial charge on any atom is 0.129 e. The minimum atomic E-state index is 0.297. The number of hydrogen-bond donors (Lipinski definition) is 0. The summed E-state index contributed by atoms with van der Waals surface area (Å²) >= 11 is 0. The average molecular weight is 345 g/mol. The Bertz CT molecular complexity index is 496. The molecule has 0 amide bonds. The minimum absolute atomic E-state index is 0.297. The van der Waals surface area contributed by atoms with Crippen LogP contribution in [0.1, 0.15) is 99.3 Å². The second-order valence-corrected chi connectivity index (χ2v) is 7.64. The van der Waals surface area contributed by atoms with Gasteiger partial charge in [0.05, 0.1) is 0 Å². The second kappa shape index (κ2) is 14.9. The van der Waals surface area contributed by atoms with Gasteiger partial charge in [0.25, 0.3) is 0 Å². The first-order valence-corrected chi connectivity index (χ1v) is 9.91. The van der Waals surface area contributed by atoms with Gasteiger partial charge < -0.3 is 4.79 Å². The van der Waals surface area contributed by atoms with Crippen LogP contribution in [0.5, 0.6) is 0 Å². The molecule has 0 aliphatic rings. The predicted molar refractivity (Wildman–Crippen MR) is 113 cm³/mol. The highest BCUT2D eigenvalue weighted by Crippen LogP contribution is 2.14. The van der Waals surface area contributed by atoms with Gasteiger partial charge in [-0.15, -0.1) is 0 Å². The smallest absolute Gasteiger partial charge is 0.129 e. The number of hydrogen-bond acceptors (Lipinski definition) is 1. The van der Waals surface area contributed by atoms with Crippen molar-refractivity contribution in [2.45, 2.75) is 99.3 Å². The number of allylic oxidation sites excluding steroid dienone is 8. The van der Waals surface area contributed by atoms with Crippen molar-refractivity contribution >= 4 is 5.78 Å². The first-order chi connectivity index (χ1) is 11.8. The lowest BCUT2D eigenvalue weighted by Crippen LogP contribution is -1.88. The van der Waals surface area contributed by atoms with Crippen LogP contribution in [0.3, 0.4) is 0 Å². The highest BCUT2D eigenvalue weighted by Gasteiger charge is 1.95. The molecule has 0 saturated heterocycles. The zero-order valence-corrected chi connectivity index (χ0v) is 17.6. The van der Waals surface area contributed by atoms with E-state index in [0.717, 1.165) is 38.5 Å². The summed E-state index contributed by atoms with van der Waals surface area (Å²) in [5.41, 5.74) is 5.87. The standard InChI is InChI=1S/C24H40O/c1-20(2)12-9-14-22(4)16-11-18-23(5)17-10-15-21(3)13-7-8-19-24(6)25/h12-13,16-17H,7-11,14-15,18-19H2,1-6H3/b21-13+,22-16+,23-17?. The molecule has 0 N–H and O–H groups in total. The van der Waals surface area contributed by atoms with Crippen LogP contribution in [-0.2, 0) is 4.79 Å². The van der Waals surface area contributed by atoms with E-state index in [4.69, 9.17) is 0 Å². The Morgan fingerprint density at radius 3 is 1.36 bits per heavy atom. The van der Waals surface area contributed by atoms with Gasteiger partial charge in [0.2, 0.25) is 0 Å². The highest BCUT2D eigenvalue weighted by molar-refractivity contribution is 5.75. The molecule has 0 aromatic rings. The molecule has 0 heterocycles. The van der Waals surface area contributed by atoms with Crippen molar-refractivity contribution in [2.24, 2.45) is 0 Å². The van der Waals surface area contributed by atoms with E-state index in [1.807, 2.05) is 0 Å². The molecule has 1 heteroatoms. The minimum Gasteiger partial charge on any atom is -0.300 e. The molecule has 25 heavy (non-hydrogen) atoms. The zero-order valence-electron chi connectivity index (χ0n) is 17.6. The molecule has 0 aromatic carbocycles. The van der Waals surface area contributed by atoms with Crippen LogP contribution in [0.15, 0.2) is 46.6 Å². The molecule has 0 radical (unpaired) electrons. The predicted octanol–water partition coefficient (Wildman–Crippen LogP) is 7.89. The topological polar surface area (TPSA) is 17.1 Å². The van der Waals surface area contributed by atoms with E-state index in [-0.39, 0.29) is 0 Å². The molecule has 0 rings (SSSR count). The molecule has 0 aliphatic heterocycles. The zero-order chi connectivity index (χ0) is 19.1. The van der Waals surface area contributed by atoms with E-state index in [1.165, 1.54) is 35.1 Å². The molecule has 0 bridgehead atoms. The fraction of sp³-hybridized carbons (Fsp3) is 0.625. The summed E-state index contributed by atoms with van der Waals surface area (Å²) in [6.07, 6.45) is 19.1. The van der Waals surface area contributed by atoms with Crippen molar-refractivity contribution in [1.29, 1.82) is 0 Å².